The summed E-state index contributed by atoms with van der Waals surface area (Å²) in [6.45, 7) is 0. The number of carbonyl (C=O) groups excluding carboxylic acids is 1. The molecular weight excluding hydrogens is 222 g/mol. The van der Waals surface area contributed by atoms with Gasteiger partial charge in [-0.3, -0.25) is 9.59 Å². The SMILES string of the molecule is COC(=O)Cc1c(C(F)F)[nH]cc(N)c1=O. The van der Waals surface area contributed by atoms with E-state index in [0.717, 1.165) is 13.3 Å². The number of hydrogen-bond acceptors (Lipinski definition) is 4. The Bertz CT molecular complexity index is 457. The van der Waals surface area contributed by atoms with Gasteiger partial charge < -0.3 is 15.5 Å². The molecule has 0 saturated carbocycles. The molecular formula is C9H10F2N2O3. The number of halogens is 2. The van der Waals surface area contributed by atoms with Gasteiger partial charge in [-0.15, -0.1) is 0 Å². The average molecular weight is 232 g/mol. The maximum Gasteiger partial charge on any atom is 0.310 e. The van der Waals surface area contributed by atoms with Gasteiger partial charge in [0.2, 0.25) is 5.43 Å². The minimum absolute atomic E-state index is 0.219. The largest absolute Gasteiger partial charge is 0.469 e. The number of esters is 1. The first-order valence-corrected chi connectivity index (χ1v) is 4.32. The number of ether oxygens (including phenoxy) is 1. The summed E-state index contributed by atoms with van der Waals surface area (Å²) in [5, 5.41) is 0. The maximum absolute atomic E-state index is 12.5. The Balaban J connectivity index is 3.26. The number of carbonyl (C=O) groups is 1. The number of nitrogens with one attached hydrogen (secondary N) is 1. The number of methoxy groups -OCH3 is 1. The lowest BCUT2D eigenvalue weighted by molar-refractivity contribution is -0.139. The fraction of sp³-hybridized carbons (Fsp3) is 0.333. The van der Waals surface area contributed by atoms with Gasteiger partial charge in [-0.05, 0) is 0 Å². The Morgan fingerprint density at radius 1 is 1.62 bits per heavy atom. The molecule has 0 radical (unpaired) electrons. The number of pyridine rings is 1. The molecule has 0 atom stereocenters. The number of nitrogen functional groups attached to an aromatic ring is 1. The number of alkyl halides is 2. The van der Waals surface area contributed by atoms with Crippen molar-refractivity contribution in [1.82, 2.24) is 4.98 Å². The van der Waals surface area contributed by atoms with Crippen LogP contribution >= 0.6 is 0 Å². The molecule has 88 valence electrons. The first kappa shape index (κ1) is 12.2. The zero-order chi connectivity index (χ0) is 12.3. The zero-order valence-corrected chi connectivity index (χ0v) is 8.42. The number of nitrogens with two attached hydrogens (primary N) is 1. The Kier molecular flexibility index (Phi) is 3.60. The van der Waals surface area contributed by atoms with E-state index in [1.165, 1.54) is 0 Å². The Labute approximate surface area is 89.2 Å². The lowest BCUT2D eigenvalue weighted by atomic mass is 10.1. The number of aromatic nitrogens is 1. The molecule has 0 bridgehead atoms. The maximum atomic E-state index is 12.5. The van der Waals surface area contributed by atoms with Crippen LogP contribution in [0.15, 0.2) is 11.0 Å². The number of aromatic amines is 1. The highest BCUT2D eigenvalue weighted by Crippen LogP contribution is 2.19. The van der Waals surface area contributed by atoms with E-state index >= 15 is 0 Å². The van der Waals surface area contributed by atoms with Crippen LogP contribution in [0, 0.1) is 0 Å². The van der Waals surface area contributed by atoms with E-state index in [-0.39, 0.29) is 11.3 Å². The third kappa shape index (κ3) is 2.36. The first-order valence-electron chi connectivity index (χ1n) is 4.32. The van der Waals surface area contributed by atoms with E-state index in [4.69, 9.17) is 5.73 Å². The van der Waals surface area contributed by atoms with Crippen molar-refractivity contribution in [2.24, 2.45) is 0 Å². The molecule has 0 aliphatic carbocycles. The molecule has 16 heavy (non-hydrogen) atoms. The quantitative estimate of drug-likeness (QED) is 0.747. The summed E-state index contributed by atoms with van der Waals surface area (Å²) < 4.78 is 29.4. The van der Waals surface area contributed by atoms with Crippen LogP contribution in [-0.4, -0.2) is 18.1 Å². The molecule has 0 aliphatic heterocycles. The van der Waals surface area contributed by atoms with E-state index in [1.807, 2.05) is 0 Å². The van der Waals surface area contributed by atoms with Crippen molar-refractivity contribution in [1.29, 1.82) is 0 Å². The minimum atomic E-state index is -2.88. The van der Waals surface area contributed by atoms with Gasteiger partial charge in [-0.25, -0.2) is 8.78 Å². The predicted molar refractivity (Wildman–Crippen MR) is 52.2 cm³/mol. The average Bonchev–Trinajstić information content (AvgIpc) is 2.24. The smallest absolute Gasteiger partial charge is 0.310 e. The fourth-order valence-corrected chi connectivity index (χ4v) is 1.19. The lowest BCUT2D eigenvalue weighted by Crippen LogP contribution is -2.21. The second-order valence-corrected chi connectivity index (χ2v) is 3.02. The third-order valence-electron chi connectivity index (χ3n) is 2.01. The number of anilines is 1. The summed E-state index contributed by atoms with van der Waals surface area (Å²) in [4.78, 5) is 24.6. The van der Waals surface area contributed by atoms with Crippen LogP contribution in [0.5, 0.6) is 0 Å². The van der Waals surface area contributed by atoms with Gasteiger partial charge in [0.15, 0.2) is 0 Å². The highest BCUT2D eigenvalue weighted by atomic mass is 19.3. The van der Waals surface area contributed by atoms with Crippen molar-refractivity contribution in [3.8, 4) is 0 Å². The molecule has 3 N–H and O–H groups in total. The van der Waals surface area contributed by atoms with Crippen molar-refractivity contribution < 1.29 is 18.3 Å². The summed E-state index contributed by atoms with van der Waals surface area (Å²) in [5.74, 6) is -0.780. The third-order valence-corrected chi connectivity index (χ3v) is 2.01. The molecule has 1 aromatic rings. The zero-order valence-electron chi connectivity index (χ0n) is 8.42. The molecule has 0 amide bonds. The molecule has 5 nitrogen and oxygen atoms in total. The van der Waals surface area contributed by atoms with Crippen LogP contribution < -0.4 is 11.2 Å². The van der Waals surface area contributed by atoms with Crippen molar-refractivity contribution in [3.63, 3.8) is 0 Å². The molecule has 0 spiro atoms. The molecule has 7 heteroatoms. The second kappa shape index (κ2) is 4.73. The van der Waals surface area contributed by atoms with Crippen molar-refractivity contribution in [2.75, 3.05) is 12.8 Å². The van der Waals surface area contributed by atoms with Gasteiger partial charge in [0.05, 0.1) is 24.9 Å². The lowest BCUT2D eigenvalue weighted by Gasteiger charge is -2.07. The Hall–Kier alpha value is -1.92. The number of hydrogen-bond donors (Lipinski definition) is 2. The minimum Gasteiger partial charge on any atom is -0.469 e. The van der Waals surface area contributed by atoms with Crippen LogP contribution in [0.25, 0.3) is 0 Å². The number of H-pyrrole nitrogens is 1. The summed E-state index contributed by atoms with van der Waals surface area (Å²) in [5.41, 5.74) is 3.30. The standard InChI is InChI=1S/C9H10F2N2O3/c1-16-6(14)2-4-7(9(10)11)13-3-5(12)8(4)15/h3,9H,2,12H2,1H3,(H,13,15). The molecule has 0 aromatic carbocycles. The Morgan fingerprint density at radius 3 is 2.75 bits per heavy atom. The molecule has 1 heterocycles. The van der Waals surface area contributed by atoms with Crippen molar-refractivity contribution >= 4 is 11.7 Å². The summed E-state index contributed by atoms with van der Waals surface area (Å²) in [6.07, 6.45) is -2.44. The van der Waals surface area contributed by atoms with E-state index in [9.17, 15) is 18.4 Å². The first-order chi connectivity index (χ1) is 7.47. The van der Waals surface area contributed by atoms with E-state index in [1.54, 1.807) is 0 Å². The second-order valence-electron chi connectivity index (χ2n) is 3.02. The van der Waals surface area contributed by atoms with Gasteiger partial charge in [0.25, 0.3) is 6.43 Å². The summed E-state index contributed by atoms with van der Waals surface area (Å²) in [6, 6.07) is 0. The van der Waals surface area contributed by atoms with Crippen LogP contribution in [0.1, 0.15) is 17.7 Å². The van der Waals surface area contributed by atoms with Crippen LogP contribution in [-0.2, 0) is 16.0 Å². The molecule has 1 aromatic heterocycles. The van der Waals surface area contributed by atoms with Crippen molar-refractivity contribution in [3.05, 3.63) is 27.7 Å². The molecule has 1 rings (SSSR count). The topological polar surface area (TPSA) is 85.2 Å². The highest BCUT2D eigenvalue weighted by Gasteiger charge is 2.20. The Morgan fingerprint density at radius 2 is 2.25 bits per heavy atom. The van der Waals surface area contributed by atoms with Crippen LogP contribution in [0.2, 0.25) is 0 Å². The molecule has 0 aliphatic rings. The van der Waals surface area contributed by atoms with Gasteiger partial charge in [-0.1, -0.05) is 0 Å². The molecule has 0 saturated heterocycles. The monoisotopic (exact) mass is 232 g/mol. The van der Waals surface area contributed by atoms with Crippen LogP contribution in [0.4, 0.5) is 14.5 Å². The number of rotatable bonds is 3. The van der Waals surface area contributed by atoms with E-state index in [0.29, 0.717) is 0 Å². The summed E-state index contributed by atoms with van der Waals surface area (Å²) in [7, 11) is 1.10. The van der Waals surface area contributed by atoms with Gasteiger partial charge >= 0.3 is 5.97 Å². The molecule has 0 fully saturated rings. The van der Waals surface area contributed by atoms with Crippen LogP contribution in [0.3, 0.4) is 0 Å². The molecule has 0 unspecified atom stereocenters. The fourth-order valence-electron chi connectivity index (χ4n) is 1.19. The van der Waals surface area contributed by atoms with E-state index in [2.05, 4.69) is 9.72 Å². The van der Waals surface area contributed by atoms with Gasteiger partial charge in [-0.2, -0.15) is 0 Å². The van der Waals surface area contributed by atoms with Gasteiger partial charge in [0, 0.05) is 11.8 Å². The normalized spacial score (nSPS) is 10.5. The predicted octanol–water partition coefficient (Wildman–Crippen LogP) is 0.610. The highest BCUT2D eigenvalue weighted by molar-refractivity contribution is 5.73. The summed E-state index contributed by atoms with van der Waals surface area (Å²) >= 11 is 0. The van der Waals surface area contributed by atoms with E-state index < -0.39 is 29.9 Å². The van der Waals surface area contributed by atoms with Gasteiger partial charge in [0.1, 0.15) is 0 Å². The van der Waals surface area contributed by atoms with Crippen molar-refractivity contribution in [2.45, 2.75) is 12.8 Å².